The lowest BCUT2D eigenvalue weighted by Gasteiger charge is -2.09. The fourth-order valence-electron chi connectivity index (χ4n) is 2.61. The molecule has 3 nitrogen and oxygen atoms in total. The molecule has 0 aliphatic carbocycles. The van der Waals surface area contributed by atoms with E-state index in [1.807, 2.05) is 62.6 Å². The van der Waals surface area contributed by atoms with Crippen molar-refractivity contribution in [2.75, 3.05) is 0 Å². The number of hydrogen-bond donors (Lipinski definition) is 0. The first-order chi connectivity index (χ1) is 11.1. The van der Waals surface area contributed by atoms with Gasteiger partial charge in [-0.3, -0.25) is 9.78 Å². The van der Waals surface area contributed by atoms with E-state index in [1.165, 1.54) is 0 Å². The SMILES string of the molecule is Cc1ccc(C)c(OC(=O)CCc2cncc3ccccc23)c1. The average Bonchev–Trinajstić information content (AvgIpc) is 2.56. The van der Waals surface area contributed by atoms with E-state index in [0.717, 1.165) is 27.5 Å². The molecule has 3 heteroatoms. The van der Waals surface area contributed by atoms with E-state index in [9.17, 15) is 4.79 Å². The summed E-state index contributed by atoms with van der Waals surface area (Å²) in [7, 11) is 0. The number of esters is 1. The third-order valence-electron chi connectivity index (χ3n) is 3.92. The van der Waals surface area contributed by atoms with Crippen molar-refractivity contribution in [1.29, 1.82) is 0 Å². The molecule has 23 heavy (non-hydrogen) atoms. The van der Waals surface area contributed by atoms with Gasteiger partial charge in [0.1, 0.15) is 5.75 Å². The highest BCUT2D eigenvalue weighted by atomic mass is 16.5. The van der Waals surface area contributed by atoms with Crippen LogP contribution in [0.5, 0.6) is 5.75 Å². The van der Waals surface area contributed by atoms with Gasteiger partial charge in [0, 0.05) is 17.8 Å². The summed E-state index contributed by atoms with van der Waals surface area (Å²) in [5, 5.41) is 2.23. The molecule has 0 spiro atoms. The molecular formula is C20H19NO2. The van der Waals surface area contributed by atoms with Crippen LogP contribution in [0.1, 0.15) is 23.1 Å². The van der Waals surface area contributed by atoms with Crippen molar-refractivity contribution in [2.45, 2.75) is 26.7 Å². The number of nitrogens with zero attached hydrogens (tertiary/aromatic N) is 1. The summed E-state index contributed by atoms with van der Waals surface area (Å²) in [5.74, 6) is 0.428. The van der Waals surface area contributed by atoms with Gasteiger partial charge in [-0.1, -0.05) is 36.4 Å². The second-order valence-electron chi connectivity index (χ2n) is 5.76. The van der Waals surface area contributed by atoms with E-state index in [0.29, 0.717) is 18.6 Å². The van der Waals surface area contributed by atoms with E-state index < -0.39 is 0 Å². The summed E-state index contributed by atoms with van der Waals surface area (Å²) >= 11 is 0. The van der Waals surface area contributed by atoms with Gasteiger partial charge >= 0.3 is 5.97 Å². The summed E-state index contributed by atoms with van der Waals surface area (Å²) < 4.78 is 5.50. The maximum Gasteiger partial charge on any atom is 0.311 e. The highest BCUT2D eigenvalue weighted by Crippen LogP contribution is 2.21. The minimum Gasteiger partial charge on any atom is -0.426 e. The van der Waals surface area contributed by atoms with Crippen LogP contribution >= 0.6 is 0 Å². The molecule has 2 aromatic carbocycles. The third-order valence-corrected chi connectivity index (χ3v) is 3.92. The third kappa shape index (κ3) is 3.57. The van der Waals surface area contributed by atoms with Gasteiger partial charge in [-0.05, 0) is 48.4 Å². The summed E-state index contributed by atoms with van der Waals surface area (Å²) in [6.45, 7) is 3.93. The smallest absolute Gasteiger partial charge is 0.311 e. The number of fused-ring (bicyclic) bond motifs is 1. The van der Waals surface area contributed by atoms with Crippen LogP contribution in [0.4, 0.5) is 0 Å². The zero-order chi connectivity index (χ0) is 16.2. The Balaban J connectivity index is 1.70. The number of benzene rings is 2. The van der Waals surface area contributed by atoms with Crippen LogP contribution in [0.15, 0.2) is 54.9 Å². The molecule has 0 amide bonds. The van der Waals surface area contributed by atoms with Crippen LogP contribution in [0.2, 0.25) is 0 Å². The van der Waals surface area contributed by atoms with Crippen molar-refractivity contribution in [1.82, 2.24) is 4.98 Å². The highest BCUT2D eigenvalue weighted by Gasteiger charge is 2.09. The zero-order valence-electron chi connectivity index (χ0n) is 13.4. The van der Waals surface area contributed by atoms with Crippen molar-refractivity contribution < 1.29 is 9.53 Å². The van der Waals surface area contributed by atoms with Crippen LogP contribution in [0.25, 0.3) is 10.8 Å². The van der Waals surface area contributed by atoms with Gasteiger partial charge in [-0.25, -0.2) is 0 Å². The maximum absolute atomic E-state index is 12.1. The van der Waals surface area contributed by atoms with Crippen molar-refractivity contribution >= 4 is 16.7 Å². The van der Waals surface area contributed by atoms with Gasteiger partial charge in [0.25, 0.3) is 0 Å². The number of rotatable bonds is 4. The molecule has 0 saturated heterocycles. The number of carbonyl (C=O) groups is 1. The number of hydrogen-bond acceptors (Lipinski definition) is 3. The Hall–Kier alpha value is -2.68. The minimum atomic E-state index is -0.216. The number of ether oxygens (including phenoxy) is 1. The first-order valence-corrected chi connectivity index (χ1v) is 7.73. The molecule has 0 aliphatic rings. The summed E-state index contributed by atoms with van der Waals surface area (Å²) in [4.78, 5) is 16.4. The van der Waals surface area contributed by atoms with Crippen molar-refractivity contribution in [3.8, 4) is 5.75 Å². The van der Waals surface area contributed by atoms with Crippen molar-refractivity contribution in [3.63, 3.8) is 0 Å². The molecule has 0 saturated carbocycles. The van der Waals surface area contributed by atoms with Crippen LogP contribution in [0, 0.1) is 13.8 Å². The monoisotopic (exact) mass is 305 g/mol. The Morgan fingerprint density at radius 3 is 2.78 bits per heavy atom. The number of aryl methyl sites for hydroxylation is 3. The second-order valence-corrected chi connectivity index (χ2v) is 5.76. The van der Waals surface area contributed by atoms with Crippen molar-refractivity contribution in [2.24, 2.45) is 0 Å². The van der Waals surface area contributed by atoms with E-state index >= 15 is 0 Å². The topological polar surface area (TPSA) is 39.2 Å². The molecule has 0 radical (unpaired) electrons. The average molecular weight is 305 g/mol. The summed E-state index contributed by atoms with van der Waals surface area (Å²) in [6.07, 6.45) is 4.63. The normalized spacial score (nSPS) is 10.7. The Labute approximate surface area is 135 Å². The maximum atomic E-state index is 12.1. The second kappa shape index (κ2) is 6.61. The summed E-state index contributed by atoms with van der Waals surface area (Å²) in [6, 6.07) is 13.9. The molecule has 0 N–H and O–H groups in total. The molecular weight excluding hydrogens is 286 g/mol. The van der Waals surface area contributed by atoms with Crippen LogP contribution in [-0.4, -0.2) is 11.0 Å². The van der Waals surface area contributed by atoms with E-state index in [4.69, 9.17) is 4.74 Å². The molecule has 0 bridgehead atoms. The minimum absolute atomic E-state index is 0.216. The number of carbonyl (C=O) groups excluding carboxylic acids is 1. The molecule has 116 valence electrons. The predicted molar refractivity (Wildman–Crippen MR) is 91.6 cm³/mol. The Morgan fingerprint density at radius 1 is 1.09 bits per heavy atom. The van der Waals surface area contributed by atoms with E-state index in [1.54, 1.807) is 0 Å². The summed E-state index contributed by atoms with van der Waals surface area (Å²) in [5.41, 5.74) is 3.12. The lowest BCUT2D eigenvalue weighted by atomic mass is 10.0. The fourth-order valence-corrected chi connectivity index (χ4v) is 2.61. The first-order valence-electron chi connectivity index (χ1n) is 7.73. The van der Waals surface area contributed by atoms with E-state index in [2.05, 4.69) is 11.1 Å². The van der Waals surface area contributed by atoms with Gasteiger partial charge in [-0.2, -0.15) is 0 Å². The molecule has 3 aromatic rings. The molecule has 0 unspecified atom stereocenters. The van der Waals surface area contributed by atoms with Crippen LogP contribution in [0.3, 0.4) is 0 Å². The number of pyridine rings is 1. The zero-order valence-corrected chi connectivity index (χ0v) is 13.4. The lowest BCUT2D eigenvalue weighted by molar-refractivity contribution is -0.134. The largest absolute Gasteiger partial charge is 0.426 e. The molecule has 3 rings (SSSR count). The van der Waals surface area contributed by atoms with Crippen LogP contribution in [-0.2, 0) is 11.2 Å². The molecule has 0 atom stereocenters. The molecule has 1 aromatic heterocycles. The Kier molecular flexibility index (Phi) is 4.38. The lowest BCUT2D eigenvalue weighted by Crippen LogP contribution is -2.10. The van der Waals surface area contributed by atoms with Gasteiger partial charge in [0.2, 0.25) is 0 Å². The van der Waals surface area contributed by atoms with Gasteiger partial charge < -0.3 is 4.74 Å². The molecule has 1 heterocycles. The first kappa shape index (κ1) is 15.2. The van der Waals surface area contributed by atoms with E-state index in [-0.39, 0.29) is 5.97 Å². The van der Waals surface area contributed by atoms with Gasteiger partial charge in [-0.15, -0.1) is 0 Å². The Morgan fingerprint density at radius 2 is 1.91 bits per heavy atom. The van der Waals surface area contributed by atoms with Crippen LogP contribution < -0.4 is 4.74 Å². The van der Waals surface area contributed by atoms with Gasteiger partial charge in [0.05, 0.1) is 6.42 Å². The Bertz CT molecular complexity index is 850. The quantitative estimate of drug-likeness (QED) is 0.530. The predicted octanol–water partition coefficient (Wildman–Crippen LogP) is 4.39. The highest BCUT2D eigenvalue weighted by molar-refractivity contribution is 5.85. The standard InChI is InChI=1S/C20H19NO2/c1-14-7-8-15(2)19(11-14)23-20(22)10-9-17-13-21-12-16-5-3-4-6-18(16)17/h3-8,11-13H,9-10H2,1-2H3. The van der Waals surface area contributed by atoms with Gasteiger partial charge in [0.15, 0.2) is 0 Å². The van der Waals surface area contributed by atoms with Crippen molar-refractivity contribution in [3.05, 3.63) is 71.5 Å². The molecule has 0 fully saturated rings. The molecule has 0 aliphatic heterocycles. The fraction of sp³-hybridized carbons (Fsp3) is 0.200. The number of aromatic nitrogens is 1.